The molecule has 0 amide bonds. The molecule has 1 rings (SSSR count). The van der Waals surface area contributed by atoms with Gasteiger partial charge in [-0.3, -0.25) is 0 Å². The van der Waals surface area contributed by atoms with Crippen LogP contribution in [-0.4, -0.2) is 13.7 Å². The maximum Gasteiger partial charge on any atom is 0.190 e. The molecule has 0 heterocycles. The first kappa shape index (κ1) is 12.9. The maximum absolute atomic E-state index is 13.5. The first-order chi connectivity index (χ1) is 7.69. The number of nitrogens with one attached hydrogen (secondary N) is 1. The van der Waals surface area contributed by atoms with Crippen molar-refractivity contribution in [2.24, 2.45) is 0 Å². The fourth-order valence-electron chi connectivity index (χ4n) is 1.38. The number of rotatable bonds is 6. The van der Waals surface area contributed by atoms with Gasteiger partial charge in [-0.2, -0.15) is 0 Å². The summed E-state index contributed by atoms with van der Waals surface area (Å²) in [6.45, 7) is 2.77. The molecule has 0 saturated heterocycles. The largest absolute Gasteiger partial charge is 0.488 e. The Balaban J connectivity index is 2.77. The summed E-state index contributed by atoms with van der Waals surface area (Å²) in [5.74, 6) is -1.55. The van der Waals surface area contributed by atoms with E-state index in [9.17, 15) is 8.78 Å². The van der Waals surface area contributed by atoms with Crippen LogP contribution in [0.4, 0.5) is 8.78 Å². The molecule has 0 aliphatic carbocycles. The van der Waals surface area contributed by atoms with Crippen LogP contribution in [0.25, 0.3) is 0 Å². The maximum atomic E-state index is 13.5. The van der Waals surface area contributed by atoms with E-state index < -0.39 is 11.6 Å². The normalized spacial score (nSPS) is 10.5. The van der Waals surface area contributed by atoms with Crippen LogP contribution in [0.2, 0.25) is 0 Å². The van der Waals surface area contributed by atoms with E-state index in [4.69, 9.17) is 4.74 Å². The van der Waals surface area contributed by atoms with Gasteiger partial charge in [0, 0.05) is 6.54 Å². The number of ether oxygens (including phenoxy) is 1. The molecule has 0 fully saturated rings. The molecular weight excluding hydrogens is 212 g/mol. The van der Waals surface area contributed by atoms with E-state index in [1.165, 1.54) is 12.1 Å². The molecule has 0 spiro atoms. The predicted molar refractivity (Wildman–Crippen MR) is 59.5 cm³/mol. The first-order valence-corrected chi connectivity index (χ1v) is 5.44. The lowest BCUT2D eigenvalue weighted by Crippen LogP contribution is -2.07. The lowest BCUT2D eigenvalue weighted by atomic mass is 10.2. The molecule has 0 unspecified atom stereocenters. The fourth-order valence-corrected chi connectivity index (χ4v) is 1.38. The molecule has 1 aromatic carbocycles. The number of unbranched alkanes of at least 4 members (excludes halogenated alkanes) is 1. The molecule has 4 heteroatoms. The summed E-state index contributed by atoms with van der Waals surface area (Å²) in [6, 6.07) is 2.59. The monoisotopic (exact) mass is 229 g/mol. The Morgan fingerprint density at radius 3 is 2.38 bits per heavy atom. The van der Waals surface area contributed by atoms with Gasteiger partial charge in [0.15, 0.2) is 17.4 Å². The zero-order chi connectivity index (χ0) is 12.0. The molecule has 1 N–H and O–H groups in total. The van der Waals surface area contributed by atoms with E-state index in [0.29, 0.717) is 18.7 Å². The minimum atomic E-state index is -0.638. The smallest absolute Gasteiger partial charge is 0.190 e. The number of hydrogen-bond acceptors (Lipinski definition) is 2. The van der Waals surface area contributed by atoms with Crippen LogP contribution >= 0.6 is 0 Å². The highest BCUT2D eigenvalue weighted by Crippen LogP contribution is 2.23. The molecule has 0 saturated carbocycles. The lowest BCUT2D eigenvalue weighted by molar-refractivity contribution is 0.278. The van der Waals surface area contributed by atoms with E-state index in [1.807, 2.05) is 6.92 Å². The van der Waals surface area contributed by atoms with Crippen LogP contribution in [0.15, 0.2) is 12.1 Å². The zero-order valence-electron chi connectivity index (χ0n) is 9.65. The van der Waals surface area contributed by atoms with Gasteiger partial charge in [0.2, 0.25) is 0 Å². The van der Waals surface area contributed by atoms with Crippen molar-refractivity contribution < 1.29 is 13.5 Å². The van der Waals surface area contributed by atoms with Gasteiger partial charge >= 0.3 is 0 Å². The third-order valence-corrected chi connectivity index (χ3v) is 2.18. The standard InChI is InChI=1S/C12H17F2NO/c1-3-4-5-16-12-10(13)6-9(8-15-2)7-11(12)14/h6-7,15H,3-5,8H2,1-2H3. The van der Waals surface area contributed by atoms with E-state index >= 15 is 0 Å². The molecule has 0 atom stereocenters. The van der Waals surface area contributed by atoms with Crippen LogP contribution in [0, 0.1) is 11.6 Å². The summed E-state index contributed by atoms with van der Waals surface area (Å²) in [5.41, 5.74) is 0.570. The van der Waals surface area contributed by atoms with Crippen molar-refractivity contribution in [1.82, 2.24) is 5.32 Å². The van der Waals surface area contributed by atoms with Gasteiger partial charge in [0.1, 0.15) is 0 Å². The molecule has 0 aliphatic rings. The molecule has 0 aliphatic heterocycles. The van der Waals surface area contributed by atoms with Crippen LogP contribution in [0.5, 0.6) is 5.75 Å². The third-order valence-electron chi connectivity index (χ3n) is 2.18. The van der Waals surface area contributed by atoms with Gasteiger partial charge in [-0.05, 0) is 31.2 Å². The Bertz CT molecular complexity index is 319. The molecule has 0 radical (unpaired) electrons. The second-order valence-electron chi connectivity index (χ2n) is 3.62. The van der Waals surface area contributed by atoms with Crippen LogP contribution < -0.4 is 10.1 Å². The summed E-state index contributed by atoms with van der Waals surface area (Å²) >= 11 is 0. The number of halogens is 2. The van der Waals surface area contributed by atoms with Crippen LogP contribution in [0.1, 0.15) is 25.3 Å². The second-order valence-corrected chi connectivity index (χ2v) is 3.62. The van der Waals surface area contributed by atoms with Gasteiger partial charge < -0.3 is 10.1 Å². The quantitative estimate of drug-likeness (QED) is 0.757. The van der Waals surface area contributed by atoms with E-state index in [-0.39, 0.29) is 5.75 Å². The highest BCUT2D eigenvalue weighted by atomic mass is 19.1. The van der Waals surface area contributed by atoms with E-state index in [2.05, 4.69) is 5.32 Å². The zero-order valence-corrected chi connectivity index (χ0v) is 9.65. The van der Waals surface area contributed by atoms with Crippen molar-refractivity contribution in [2.45, 2.75) is 26.3 Å². The molecule has 0 aromatic heterocycles. The topological polar surface area (TPSA) is 21.3 Å². The molecule has 1 aromatic rings. The summed E-state index contributed by atoms with van der Waals surface area (Å²) < 4.78 is 32.0. The molecule has 0 bridgehead atoms. The third kappa shape index (κ3) is 3.45. The van der Waals surface area contributed by atoms with Crippen molar-refractivity contribution in [2.75, 3.05) is 13.7 Å². The highest BCUT2D eigenvalue weighted by Gasteiger charge is 2.12. The van der Waals surface area contributed by atoms with Crippen LogP contribution in [0.3, 0.4) is 0 Å². The van der Waals surface area contributed by atoms with E-state index in [0.717, 1.165) is 12.8 Å². The average Bonchev–Trinajstić information content (AvgIpc) is 2.23. The Labute approximate surface area is 94.6 Å². The van der Waals surface area contributed by atoms with Crippen molar-refractivity contribution in [3.8, 4) is 5.75 Å². The number of benzene rings is 1. The Hall–Kier alpha value is -1.16. The molecule has 90 valence electrons. The van der Waals surface area contributed by atoms with Gasteiger partial charge in [0.05, 0.1) is 6.61 Å². The highest BCUT2D eigenvalue weighted by molar-refractivity contribution is 5.31. The Morgan fingerprint density at radius 2 is 1.88 bits per heavy atom. The summed E-state index contributed by atoms with van der Waals surface area (Å²) in [5, 5.41) is 2.84. The lowest BCUT2D eigenvalue weighted by Gasteiger charge is -2.09. The molecular formula is C12H17F2NO. The van der Waals surface area contributed by atoms with Gasteiger partial charge in [-0.15, -0.1) is 0 Å². The van der Waals surface area contributed by atoms with Gasteiger partial charge in [-0.25, -0.2) is 8.78 Å². The second kappa shape index (κ2) is 6.43. The fraction of sp³-hybridized carbons (Fsp3) is 0.500. The molecule has 16 heavy (non-hydrogen) atoms. The van der Waals surface area contributed by atoms with Gasteiger partial charge in [-0.1, -0.05) is 13.3 Å². The minimum absolute atomic E-state index is 0.270. The summed E-state index contributed by atoms with van der Waals surface area (Å²) in [4.78, 5) is 0. The average molecular weight is 229 g/mol. The summed E-state index contributed by atoms with van der Waals surface area (Å²) in [7, 11) is 1.72. The van der Waals surface area contributed by atoms with Crippen LogP contribution in [-0.2, 0) is 6.54 Å². The first-order valence-electron chi connectivity index (χ1n) is 5.44. The van der Waals surface area contributed by atoms with Crippen molar-refractivity contribution in [1.29, 1.82) is 0 Å². The predicted octanol–water partition coefficient (Wildman–Crippen LogP) is 2.86. The Morgan fingerprint density at radius 1 is 1.25 bits per heavy atom. The minimum Gasteiger partial charge on any atom is -0.488 e. The SMILES string of the molecule is CCCCOc1c(F)cc(CNC)cc1F. The van der Waals surface area contributed by atoms with Crippen molar-refractivity contribution in [3.63, 3.8) is 0 Å². The Kier molecular flexibility index (Phi) is 5.19. The van der Waals surface area contributed by atoms with Gasteiger partial charge in [0.25, 0.3) is 0 Å². The van der Waals surface area contributed by atoms with Crippen molar-refractivity contribution >= 4 is 0 Å². The number of hydrogen-bond donors (Lipinski definition) is 1. The van der Waals surface area contributed by atoms with E-state index in [1.54, 1.807) is 7.05 Å². The molecule has 2 nitrogen and oxygen atoms in total. The summed E-state index contributed by atoms with van der Waals surface area (Å²) in [6.07, 6.45) is 1.72. The van der Waals surface area contributed by atoms with Crippen molar-refractivity contribution in [3.05, 3.63) is 29.3 Å².